The number of aromatic nitrogens is 3. The second kappa shape index (κ2) is 11.6. The van der Waals surface area contributed by atoms with Gasteiger partial charge in [-0.15, -0.1) is 5.10 Å². The van der Waals surface area contributed by atoms with E-state index in [9.17, 15) is 18.4 Å². The normalized spacial score (nSPS) is 11.7. The Morgan fingerprint density at radius 1 is 0.795 bits per heavy atom. The first-order valence-electron chi connectivity index (χ1n) is 12.4. The summed E-state index contributed by atoms with van der Waals surface area (Å²) in [5, 5.41) is 11.1. The summed E-state index contributed by atoms with van der Waals surface area (Å²) in [6.07, 6.45) is 0. The van der Waals surface area contributed by atoms with Crippen molar-refractivity contribution in [1.82, 2.24) is 25.2 Å². The highest BCUT2D eigenvalue weighted by Gasteiger charge is 2.32. The SMILES string of the molecule is O=C(NCc1ccccc1)C(c1ccc(F)cc1)N(Cc1ccc(F)cc1)C(=O)Cn1nnc2ccccc21. The lowest BCUT2D eigenvalue weighted by molar-refractivity contribution is -0.142. The van der Waals surface area contributed by atoms with Gasteiger partial charge in [0.1, 0.15) is 29.7 Å². The number of para-hydroxylation sites is 1. The van der Waals surface area contributed by atoms with Gasteiger partial charge in [-0.3, -0.25) is 9.59 Å². The molecular formula is C30H25F2N5O2. The molecule has 1 aromatic heterocycles. The van der Waals surface area contributed by atoms with Gasteiger partial charge >= 0.3 is 0 Å². The number of rotatable bonds is 9. The van der Waals surface area contributed by atoms with Crippen molar-refractivity contribution in [2.45, 2.75) is 25.7 Å². The van der Waals surface area contributed by atoms with E-state index in [-0.39, 0.29) is 19.6 Å². The fraction of sp³-hybridized carbons (Fsp3) is 0.133. The molecule has 0 saturated heterocycles. The molecule has 0 spiro atoms. The molecule has 1 atom stereocenters. The number of benzene rings is 4. The highest BCUT2D eigenvalue weighted by Crippen LogP contribution is 2.25. The smallest absolute Gasteiger partial charge is 0.247 e. The number of carbonyl (C=O) groups excluding carboxylic acids is 2. The number of halogens is 2. The van der Waals surface area contributed by atoms with E-state index in [4.69, 9.17) is 0 Å². The van der Waals surface area contributed by atoms with E-state index in [2.05, 4.69) is 15.6 Å². The molecule has 0 radical (unpaired) electrons. The number of nitrogens with one attached hydrogen (secondary N) is 1. The van der Waals surface area contributed by atoms with Gasteiger partial charge in [0.05, 0.1) is 5.52 Å². The zero-order valence-corrected chi connectivity index (χ0v) is 20.9. The lowest BCUT2D eigenvalue weighted by atomic mass is 10.0. The summed E-state index contributed by atoms with van der Waals surface area (Å²) >= 11 is 0. The molecule has 1 N–H and O–H groups in total. The average molecular weight is 526 g/mol. The van der Waals surface area contributed by atoms with Crippen LogP contribution in [0.3, 0.4) is 0 Å². The van der Waals surface area contributed by atoms with Crippen molar-refractivity contribution in [1.29, 1.82) is 0 Å². The number of nitrogens with zero attached hydrogens (tertiary/aromatic N) is 4. The first-order chi connectivity index (χ1) is 19.0. The van der Waals surface area contributed by atoms with Crippen LogP contribution in [0.15, 0.2) is 103 Å². The second-order valence-corrected chi connectivity index (χ2v) is 9.04. The van der Waals surface area contributed by atoms with Crippen LogP contribution in [0.4, 0.5) is 8.78 Å². The van der Waals surface area contributed by atoms with Crippen LogP contribution in [-0.4, -0.2) is 31.7 Å². The van der Waals surface area contributed by atoms with Crippen LogP contribution < -0.4 is 5.32 Å². The van der Waals surface area contributed by atoms with E-state index < -0.39 is 29.5 Å². The molecular weight excluding hydrogens is 500 g/mol. The zero-order chi connectivity index (χ0) is 27.2. The number of amides is 2. The molecule has 5 aromatic rings. The summed E-state index contributed by atoms with van der Waals surface area (Å²) in [4.78, 5) is 29.0. The van der Waals surface area contributed by atoms with Crippen molar-refractivity contribution in [3.63, 3.8) is 0 Å². The predicted molar refractivity (Wildman–Crippen MR) is 142 cm³/mol. The largest absolute Gasteiger partial charge is 0.350 e. The maximum absolute atomic E-state index is 13.9. The summed E-state index contributed by atoms with van der Waals surface area (Å²) in [6.45, 7) is 0.0571. The monoisotopic (exact) mass is 525 g/mol. The molecule has 5 rings (SSSR count). The average Bonchev–Trinajstić information content (AvgIpc) is 3.36. The quantitative estimate of drug-likeness (QED) is 0.300. The molecule has 9 heteroatoms. The van der Waals surface area contributed by atoms with Crippen molar-refractivity contribution in [3.8, 4) is 0 Å². The van der Waals surface area contributed by atoms with Crippen molar-refractivity contribution in [2.24, 2.45) is 0 Å². The van der Waals surface area contributed by atoms with Crippen molar-refractivity contribution in [3.05, 3.63) is 131 Å². The second-order valence-electron chi connectivity index (χ2n) is 9.04. The Bertz CT molecular complexity index is 1570. The van der Waals surface area contributed by atoms with Gasteiger partial charge in [-0.25, -0.2) is 13.5 Å². The van der Waals surface area contributed by atoms with Crippen LogP contribution in [0.5, 0.6) is 0 Å². The minimum absolute atomic E-state index is 0.00649. The van der Waals surface area contributed by atoms with Crippen LogP contribution in [0.25, 0.3) is 11.0 Å². The molecule has 0 aliphatic carbocycles. The minimum Gasteiger partial charge on any atom is -0.350 e. The molecule has 1 heterocycles. The third-order valence-electron chi connectivity index (χ3n) is 6.35. The number of fused-ring (bicyclic) bond motifs is 1. The van der Waals surface area contributed by atoms with Gasteiger partial charge in [0.2, 0.25) is 11.8 Å². The molecule has 39 heavy (non-hydrogen) atoms. The Morgan fingerprint density at radius 3 is 2.15 bits per heavy atom. The molecule has 7 nitrogen and oxygen atoms in total. The van der Waals surface area contributed by atoms with Crippen LogP contribution in [-0.2, 0) is 29.2 Å². The van der Waals surface area contributed by atoms with E-state index in [1.165, 1.54) is 46.0 Å². The van der Waals surface area contributed by atoms with Gasteiger partial charge in [-0.2, -0.15) is 0 Å². The van der Waals surface area contributed by atoms with Crippen molar-refractivity contribution < 1.29 is 18.4 Å². The van der Waals surface area contributed by atoms with Crippen LogP contribution in [0.2, 0.25) is 0 Å². The fourth-order valence-corrected chi connectivity index (χ4v) is 4.36. The first-order valence-corrected chi connectivity index (χ1v) is 12.4. The van der Waals surface area contributed by atoms with E-state index in [0.717, 1.165) is 5.56 Å². The summed E-state index contributed by atoms with van der Waals surface area (Å²) in [6, 6.07) is 26.7. The van der Waals surface area contributed by atoms with Crippen LogP contribution in [0.1, 0.15) is 22.7 Å². The Kier molecular flexibility index (Phi) is 7.68. The molecule has 1 unspecified atom stereocenters. The highest BCUT2D eigenvalue weighted by atomic mass is 19.1. The maximum Gasteiger partial charge on any atom is 0.247 e. The molecule has 4 aromatic carbocycles. The minimum atomic E-state index is -1.10. The van der Waals surface area contributed by atoms with Crippen molar-refractivity contribution >= 4 is 22.8 Å². The van der Waals surface area contributed by atoms with E-state index >= 15 is 0 Å². The van der Waals surface area contributed by atoms with Gasteiger partial charge in [0.25, 0.3) is 0 Å². The molecule has 2 amide bonds. The third kappa shape index (κ3) is 6.15. The van der Waals surface area contributed by atoms with Gasteiger partial charge in [0, 0.05) is 13.1 Å². The highest BCUT2D eigenvalue weighted by molar-refractivity contribution is 5.89. The zero-order valence-electron chi connectivity index (χ0n) is 20.9. The summed E-state index contributed by atoms with van der Waals surface area (Å²) in [5.41, 5.74) is 3.23. The van der Waals surface area contributed by atoms with E-state index in [1.807, 2.05) is 42.5 Å². The lowest BCUT2D eigenvalue weighted by Crippen LogP contribution is -2.44. The summed E-state index contributed by atoms with van der Waals surface area (Å²) in [7, 11) is 0. The van der Waals surface area contributed by atoms with Gasteiger partial charge in [-0.1, -0.05) is 71.9 Å². The Hall–Kier alpha value is -4.92. The lowest BCUT2D eigenvalue weighted by Gasteiger charge is -2.31. The fourth-order valence-electron chi connectivity index (χ4n) is 4.36. The Morgan fingerprint density at radius 2 is 1.44 bits per heavy atom. The number of hydrogen-bond donors (Lipinski definition) is 1. The van der Waals surface area contributed by atoms with E-state index in [1.54, 1.807) is 24.3 Å². The van der Waals surface area contributed by atoms with Gasteiger partial charge < -0.3 is 10.2 Å². The Balaban J connectivity index is 1.51. The predicted octanol–water partition coefficient (Wildman–Crippen LogP) is 4.80. The molecule has 196 valence electrons. The van der Waals surface area contributed by atoms with Crippen LogP contribution >= 0.6 is 0 Å². The molecule has 0 fully saturated rings. The van der Waals surface area contributed by atoms with Crippen LogP contribution in [0, 0.1) is 11.6 Å². The summed E-state index contributed by atoms with van der Waals surface area (Å²) in [5.74, 6) is -1.74. The van der Waals surface area contributed by atoms with Gasteiger partial charge in [-0.05, 0) is 53.1 Å². The topological polar surface area (TPSA) is 80.1 Å². The van der Waals surface area contributed by atoms with Gasteiger partial charge in [0.15, 0.2) is 0 Å². The van der Waals surface area contributed by atoms with E-state index in [0.29, 0.717) is 22.2 Å². The number of carbonyl (C=O) groups is 2. The standard InChI is InChI=1S/C30H25F2N5O2/c31-24-14-10-22(11-15-24)19-36(28(38)20-37-27-9-5-4-8-26(27)34-35-37)29(23-12-16-25(32)17-13-23)30(39)33-18-21-6-2-1-3-7-21/h1-17,29H,18-20H2,(H,33,39). The molecule has 0 aliphatic rings. The number of hydrogen-bond acceptors (Lipinski definition) is 4. The molecule has 0 aliphatic heterocycles. The first kappa shape index (κ1) is 25.7. The Labute approximate surface area is 223 Å². The summed E-state index contributed by atoms with van der Waals surface area (Å²) < 4.78 is 28.9. The molecule has 0 bridgehead atoms. The maximum atomic E-state index is 13.9. The van der Waals surface area contributed by atoms with Crippen molar-refractivity contribution in [2.75, 3.05) is 0 Å². The third-order valence-corrected chi connectivity index (χ3v) is 6.35. The molecule has 0 saturated carbocycles.